The quantitative estimate of drug-likeness (QED) is 0.855. The second-order valence-electron chi connectivity index (χ2n) is 5.53. The molecule has 2 unspecified atom stereocenters. The van der Waals surface area contributed by atoms with Crippen LogP contribution in [0, 0.1) is 11.3 Å². The van der Waals surface area contributed by atoms with Crippen molar-refractivity contribution in [2.45, 2.75) is 25.0 Å². The van der Waals surface area contributed by atoms with Gasteiger partial charge in [-0.2, -0.15) is 5.26 Å². The maximum atomic E-state index is 11.5. The van der Waals surface area contributed by atoms with Gasteiger partial charge in [-0.1, -0.05) is 12.1 Å². The lowest BCUT2D eigenvalue weighted by molar-refractivity contribution is 0.161. The van der Waals surface area contributed by atoms with E-state index < -0.39 is 21.5 Å². The van der Waals surface area contributed by atoms with E-state index in [2.05, 4.69) is 5.32 Å². The van der Waals surface area contributed by atoms with Crippen LogP contribution in [0.5, 0.6) is 0 Å². The van der Waals surface area contributed by atoms with Crippen LogP contribution in [-0.4, -0.2) is 37.1 Å². The molecule has 108 valence electrons. The summed E-state index contributed by atoms with van der Waals surface area (Å²) in [6, 6.07) is 8.74. The number of nitriles is 1. The molecule has 1 aromatic rings. The van der Waals surface area contributed by atoms with E-state index in [9.17, 15) is 13.5 Å². The minimum atomic E-state index is -2.96. The number of nitrogens with one attached hydrogen (secondary N) is 1. The molecule has 6 heteroatoms. The number of benzene rings is 1. The van der Waals surface area contributed by atoms with E-state index in [1.54, 1.807) is 24.3 Å². The molecule has 1 heterocycles. The van der Waals surface area contributed by atoms with Gasteiger partial charge in [-0.25, -0.2) is 8.42 Å². The van der Waals surface area contributed by atoms with Gasteiger partial charge in [-0.15, -0.1) is 0 Å². The Balaban J connectivity index is 1.95. The first-order valence-corrected chi connectivity index (χ1v) is 8.29. The van der Waals surface area contributed by atoms with Crippen LogP contribution in [0.25, 0.3) is 0 Å². The summed E-state index contributed by atoms with van der Waals surface area (Å²) in [5, 5.41) is 22.0. The number of aliphatic hydroxyl groups is 1. The van der Waals surface area contributed by atoms with Crippen molar-refractivity contribution < 1.29 is 13.5 Å². The molecule has 1 aliphatic heterocycles. The Morgan fingerprint density at radius 3 is 2.60 bits per heavy atom. The summed E-state index contributed by atoms with van der Waals surface area (Å²) in [7, 11) is -2.96. The predicted molar refractivity (Wildman–Crippen MR) is 75.8 cm³/mol. The van der Waals surface area contributed by atoms with Crippen LogP contribution in [0.15, 0.2) is 24.3 Å². The van der Waals surface area contributed by atoms with Crippen LogP contribution in [0.4, 0.5) is 0 Å². The van der Waals surface area contributed by atoms with Gasteiger partial charge in [-0.05, 0) is 31.0 Å². The van der Waals surface area contributed by atoms with Gasteiger partial charge in [0, 0.05) is 12.1 Å². The standard InChI is InChI=1S/C14H18N2O3S/c1-14(6-7-20(18,19)10-14)16-9-13(17)12-4-2-11(8-15)3-5-12/h2-5,13,16-17H,6-7,9-10H2,1H3. The van der Waals surface area contributed by atoms with Crippen LogP contribution in [0.1, 0.15) is 30.6 Å². The van der Waals surface area contributed by atoms with Crippen molar-refractivity contribution in [2.75, 3.05) is 18.1 Å². The van der Waals surface area contributed by atoms with Crippen LogP contribution in [0.2, 0.25) is 0 Å². The zero-order valence-electron chi connectivity index (χ0n) is 11.3. The lowest BCUT2D eigenvalue weighted by Gasteiger charge is -2.25. The van der Waals surface area contributed by atoms with Crippen molar-refractivity contribution >= 4 is 9.84 Å². The Hall–Kier alpha value is -1.42. The first-order chi connectivity index (χ1) is 9.34. The summed E-state index contributed by atoms with van der Waals surface area (Å²) >= 11 is 0. The molecule has 1 aliphatic rings. The molecule has 0 radical (unpaired) electrons. The molecule has 0 bridgehead atoms. The smallest absolute Gasteiger partial charge is 0.152 e. The molecule has 2 rings (SSSR count). The van der Waals surface area contributed by atoms with Gasteiger partial charge in [-0.3, -0.25) is 0 Å². The van der Waals surface area contributed by atoms with Crippen molar-refractivity contribution in [2.24, 2.45) is 0 Å². The molecule has 0 saturated carbocycles. The van der Waals surface area contributed by atoms with Gasteiger partial charge < -0.3 is 10.4 Å². The molecule has 2 N–H and O–H groups in total. The van der Waals surface area contributed by atoms with Crippen LogP contribution in [-0.2, 0) is 9.84 Å². The zero-order valence-corrected chi connectivity index (χ0v) is 12.2. The summed E-state index contributed by atoms with van der Waals surface area (Å²) in [6.45, 7) is 2.15. The van der Waals surface area contributed by atoms with Crippen molar-refractivity contribution in [3.8, 4) is 6.07 Å². The van der Waals surface area contributed by atoms with Gasteiger partial charge in [0.05, 0.1) is 29.2 Å². The molecule has 0 aliphatic carbocycles. The first-order valence-electron chi connectivity index (χ1n) is 6.47. The number of hydrogen-bond acceptors (Lipinski definition) is 5. The van der Waals surface area contributed by atoms with Crippen molar-refractivity contribution in [3.63, 3.8) is 0 Å². The molecule has 0 spiro atoms. The van der Waals surface area contributed by atoms with Gasteiger partial charge >= 0.3 is 0 Å². The third-order valence-electron chi connectivity index (χ3n) is 3.65. The first kappa shape index (κ1) is 15.0. The summed E-state index contributed by atoms with van der Waals surface area (Å²) in [6.07, 6.45) is -0.155. The molecular weight excluding hydrogens is 276 g/mol. The monoisotopic (exact) mass is 294 g/mol. The zero-order chi connectivity index (χ0) is 14.8. The normalized spacial score (nSPS) is 26.1. The molecule has 2 atom stereocenters. The van der Waals surface area contributed by atoms with E-state index in [0.717, 1.165) is 0 Å². The highest BCUT2D eigenvalue weighted by Crippen LogP contribution is 2.23. The predicted octanol–water partition coefficient (Wildman–Crippen LogP) is 0.758. The Bertz CT molecular complexity index is 619. The Morgan fingerprint density at radius 1 is 1.45 bits per heavy atom. The summed E-state index contributed by atoms with van der Waals surface area (Å²) in [5.41, 5.74) is 0.788. The number of hydrogen-bond donors (Lipinski definition) is 2. The number of nitrogens with zero attached hydrogens (tertiary/aromatic N) is 1. The molecule has 0 aromatic heterocycles. The second kappa shape index (κ2) is 5.52. The summed E-state index contributed by atoms with van der Waals surface area (Å²) < 4.78 is 23.0. The van der Waals surface area contributed by atoms with E-state index in [1.807, 2.05) is 13.0 Å². The van der Waals surface area contributed by atoms with Gasteiger partial charge in [0.1, 0.15) is 0 Å². The van der Waals surface area contributed by atoms with Crippen molar-refractivity contribution in [1.29, 1.82) is 5.26 Å². The molecule has 1 saturated heterocycles. The molecule has 1 fully saturated rings. The largest absolute Gasteiger partial charge is 0.387 e. The Kier molecular flexibility index (Phi) is 4.14. The number of β-amino-alcohol motifs (C(OH)–C–C–N with tert-alkyl or cyclic N) is 1. The van der Waals surface area contributed by atoms with E-state index >= 15 is 0 Å². The highest BCUT2D eigenvalue weighted by Gasteiger charge is 2.38. The van der Waals surface area contributed by atoms with E-state index in [0.29, 0.717) is 17.5 Å². The highest BCUT2D eigenvalue weighted by molar-refractivity contribution is 7.91. The average Bonchev–Trinajstić information content (AvgIpc) is 2.71. The van der Waals surface area contributed by atoms with Gasteiger partial charge in [0.25, 0.3) is 0 Å². The van der Waals surface area contributed by atoms with E-state index in [4.69, 9.17) is 5.26 Å². The Morgan fingerprint density at radius 2 is 2.10 bits per heavy atom. The molecular formula is C14H18N2O3S. The van der Waals surface area contributed by atoms with Crippen molar-refractivity contribution in [1.82, 2.24) is 5.32 Å². The fourth-order valence-electron chi connectivity index (χ4n) is 2.39. The molecule has 0 amide bonds. The van der Waals surface area contributed by atoms with Gasteiger partial charge in [0.2, 0.25) is 0 Å². The van der Waals surface area contributed by atoms with Crippen LogP contribution < -0.4 is 5.32 Å². The van der Waals surface area contributed by atoms with Crippen LogP contribution >= 0.6 is 0 Å². The highest BCUT2D eigenvalue weighted by atomic mass is 32.2. The fraction of sp³-hybridized carbons (Fsp3) is 0.500. The fourth-order valence-corrected chi connectivity index (χ4v) is 4.51. The molecule has 1 aromatic carbocycles. The maximum Gasteiger partial charge on any atom is 0.152 e. The lowest BCUT2D eigenvalue weighted by atomic mass is 10.0. The number of rotatable bonds is 4. The Labute approximate surface area is 119 Å². The van der Waals surface area contributed by atoms with Gasteiger partial charge in [0.15, 0.2) is 9.84 Å². The summed E-state index contributed by atoms with van der Waals surface area (Å²) in [5.74, 6) is 0.309. The second-order valence-corrected chi connectivity index (χ2v) is 7.72. The SMILES string of the molecule is CC1(NCC(O)c2ccc(C#N)cc2)CCS(=O)(=O)C1. The molecule has 20 heavy (non-hydrogen) atoms. The minimum absolute atomic E-state index is 0.111. The topological polar surface area (TPSA) is 90.2 Å². The summed E-state index contributed by atoms with van der Waals surface area (Å²) in [4.78, 5) is 0. The third kappa shape index (κ3) is 3.57. The lowest BCUT2D eigenvalue weighted by Crippen LogP contribution is -2.45. The number of aliphatic hydroxyl groups excluding tert-OH is 1. The molecule has 5 nitrogen and oxygen atoms in total. The maximum absolute atomic E-state index is 11.5. The van der Waals surface area contributed by atoms with Crippen molar-refractivity contribution in [3.05, 3.63) is 35.4 Å². The van der Waals surface area contributed by atoms with Crippen LogP contribution in [0.3, 0.4) is 0 Å². The van der Waals surface area contributed by atoms with E-state index in [-0.39, 0.29) is 18.1 Å². The number of sulfone groups is 1. The third-order valence-corrected chi connectivity index (χ3v) is 5.55. The van der Waals surface area contributed by atoms with E-state index in [1.165, 1.54) is 0 Å². The average molecular weight is 294 g/mol. The minimum Gasteiger partial charge on any atom is -0.387 e.